The molecule has 0 radical (unpaired) electrons. The van der Waals surface area contributed by atoms with Crippen molar-refractivity contribution in [2.75, 3.05) is 14.1 Å². The Kier molecular flexibility index (Phi) is 3.48. The van der Waals surface area contributed by atoms with Gasteiger partial charge < -0.3 is 10.2 Å². The van der Waals surface area contributed by atoms with Crippen LogP contribution in [-0.2, 0) is 9.59 Å². The van der Waals surface area contributed by atoms with E-state index in [1.54, 1.807) is 0 Å². The third-order valence-corrected chi connectivity index (χ3v) is 1.94. The van der Waals surface area contributed by atoms with Crippen molar-refractivity contribution in [1.29, 1.82) is 0 Å². The monoisotopic (exact) mass is 228 g/mol. The van der Waals surface area contributed by atoms with E-state index in [1.165, 1.54) is 26.5 Å². The van der Waals surface area contributed by atoms with E-state index in [0.717, 1.165) is 10.0 Å². The molecule has 1 rings (SSSR count). The number of aliphatic carboxylic acids is 2. The van der Waals surface area contributed by atoms with Gasteiger partial charge in [-0.25, -0.2) is 20.4 Å². The molecule has 1 aliphatic rings. The van der Waals surface area contributed by atoms with Crippen LogP contribution in [0, 0.1) is 0 Å². The summed E-state index contributed by atoms with van der Waals surface area (Å²) in [5.74, 6) is -2.34. The first-order valence-corrected chi connectivity index (χ1v) is 4.34. The minimum atomic E-state index is -1.17. The maximum Gasteiger partial charge on any atom is 0.355 e. The first-order valence-electron chi connectivity index (χ1n) is 4.34. The quantitative estimate of drug-likeness (QED) is 0.472. The second-order valence-corrected chi connectivity index (χ2v) is 2.83. The molecule has 0 bridgehead atoms. The molecule has 0 spiro atoms. The molecule has 0 aromatic rings. The zero-order valence-electron chi connectivity index (χ0n) is 8.76. The van der Waals surface area contributed by atoms with E-state index in [4.69, 9.17) is 10.2 Å². The highest BCUT2D eigenvalue weighted by molar-refractivity contribution is 5.90. The second kappa shape index (κ2) is 4.64. The lowest BCUT2D eigenvalue weighted by molar-refractivity contribution is -0.137. The summed E-state index contributed by atoms with van der Waals surface area (Å²) in [5.41, 5.74) is 4.92. The Bertz CT molecular complexity index is 340. The van der Waals surface area contributed by atoms with Crippen LogP contribution in [0.5, 0.6) is 0 Å². The number of hydrazine groups is 2. The smallest absolute Gasteiger partial charge is 0.355 e. The van der Waals surface area contributed by atoms with E-state index in [-0.39, 0.29) is 11.4 Å². The lowest BCUT2D eigenvalue weighted by Gasteiger charge is -2.30. The molecule has 88 valence electrons. The summed E-state index contributed by atoms with van der Waals surface area (Å²) in [6.45, 7) is 0. The molecular formula is C8H12N4O4. The van der Waals surface area contributed by atoms with Gasteiger partial charge in [-0.15, -0.1) is 0 Å². The van der Waals surface area contributed by atoms with E-state index >= 15 is 0 Å². The van der Waals surface area contributed by atoms with Gasteiger partial charge in [0.25, 0.3) is 0 Å². The maximum atomic E-state index is 10.9. The molecule has 0 saturated carbocycles. The van der Waals surface area contributed by atoms with Gasteiger partial charge in [-0.3, -0.25) is 10.0 Å². The highest BCUT2D eigenvalue weighted by Gasteiger charge is 2.26. The first-order chi connectivity index (χ1) is 7.51. The topological polar surface area (TPSA) is 105 Å². The van der Waals surface area contributed by atoms with Gasteiger partial charge >= 0.3 is 11.9 Å². The first kappa shape index (κ1) is 12.0. The van der Waals surface area contributed by atoms with Crippen molar-refractivity contribution < 1.29 is 19.8 Å². The fourth-order valence-electron chi connectivity index (χ4n) is 1.19. The summed E-state index contributed by atoms with van der Waals surface area (Å²) < 4.78 is 0. The molecule has 4 N–H and O–H groups in total. The van der Waals surface area contributed by atoms with Crippen molar-refractivity contribution in [3.8, 4) is 0 Å². The Balaban J connectivity index is 3.11. The van der Waals surface area contributed by atoms with Crippen molar-refractivity contribution in [2.45, 2.75) is 0 Å². The molecule has 16 heavy (non-hydrogen) atoms. The number of carboxylic acids is 2. The van der Waals surface area contributed by atoms with Gasteiger partial charge in [-0.1, -0.05) is 0 Å². The summed E-state index contributed by atoms with van der Waals surface area (Å²) in [7, 11) is 2.98. The van der Waals surface area contributed by atoms with Crippen molar-refractivity contribution in [2.24, 2.45) is 0 Å². The molecule has 0 aromatic carbocycles. The number of rotatable bonds is 4. The predicted octanol–water partition coefficient (Wildman–Crippen LogP) is -1.28. The average molecular weight is 228 g/mol. The Morgan fingerprint density at radius 3 is 1.50 bits per heavy atom. The van der Waals surface area contributed by atoms with Gasteiger partial charge in [-0.2, -0.15) is 0 Å². The highest BCUT2D eigenvalue weighted by atomic mass is 16.4. The molecule has 1 aliphatic heterocycles. The zero-order valence-corrected chi connectivity index (χ0v) is 8.76. The van der Waals surface area contributed by atoms with E-state index in [9.17, 15) is 9.59 Å². The summed E-state index contributed by atoms with van der Waals surface area (Å²) in [6, 6.07) is 0. The molecule has 0 saturated heterocycles. The van der Waals surface area contributed by atoms with Gasteiger partial charge in [0.05, 0.1) is 12.4 Å². The normalized spacial score (nSPS) is 15.6. The average Bonchev–Trinajstić information content (AvgIpc) is 2.26. The van der Waals surface area contributed by atoms with Crippen LogP contribution in [0.2, 0.25) is 0 Å². The van der Waals surface area contributed by atoms with Crippen molar-refractivity contribution in [3.05, 3.63) is 23.8 Å². The SMILES string of the molecule is CNN1C=C(C(=O)O)N(NC)C=C1C(=O)O. The standard InChI is InChI=1S/C8H12N4O4/c1-9-11-3-6(8(15)16)12(10-2)4-5(11)7(13)14/h3-4,9-10H,1-2H3,(H,13,14)(H,15,16). The van der Waals surface area contributed by atoms with Crippen LogP contribution in [0.15, 0.2) is 23.8 Å². The molecule has 8 nitrogen and oxygen atoms in total. The van der Waals surface area contributed by atoms with Crippen molar-refractivity contribution >= 4 is 11.9 Å². The molecule has 0 amide bonds. The van der Waals surface area contributed by atoms with Crippen molar-refractivity contribution in [3.63, 3.8) is 0 Å². The number of hydrogen-bond donors (Lipinski definition) is 4. The molecular weight excluding hydrogens is 216 g/mol. The van der Waals surface area contributed by atoms with Crippen LogP contribution < -0.4 is 10.9 Å². The van der Waals surface area contributed by atoms with Gasteiger partial charge in [-0.05, 0) is 0 Å². The van der Waals surface area contributed by atoms with Crippen LogP contribution in [0.1, 0.15) is 0 Å². The minimum Gasteiger partial charge on any atom is -0.476 e. The fourth-order valence-corrected chi connectivity index (χ4v) is 1.19. The van der Waals surface area contributed by atoms with Crippen LogP contribution in [0.3, 0.4) is 0 Å². The van der Waals surface area contributed by atoms with E-state index < -0.39 is 11.9 Å². The summed E-state index contributed by atoms with van der Waals surface area (Å²) in [4.78, 5) is 21.8. The molecule has 8 heteroatoms. The van der Waals surface area contributed by atoms with E-state index in [1.807, 2.05) is 0 Å². The Morgan fingerprint density at radius 2 is 1.31 bits per heavy atom. The summed E-state index contributed by atoms with van der Waals surface area (Å²) in [6.07, 6.45) is 2.34. The molecule has 0 fully saturated rings. The van der Waals surface area contributed by atoms with Crippen LogP contribution in [0.25, 0.3) is 0 Å². The molecule has 0 aliphatic carbocycles. The molecule has 0 unspecified atom stereocenters. The minimum absolute atomic E-state index is 0.0955. The van der Waals surface area contributed by atoms with E-state index in [2.05, 4.69) is 10.9 Å². The molecule has 1 heterocycles. The lowest BCUT2D eigenvalue weighted by atomic mass is 10.3. The maximum absolute atomic E-state index is 10.9. The van der Waals surface area contributed by atoms with Gasteiger partial charge in [0.2, 0.25) is 0 Å². The van der Waals surface area contributed by atoms with E-state index in [0.29, 0.717) is 0 Å². The molecule has 0 aromatic heterocycles. The Labute approximate surface area is 91.4 Å². The van der Waals surface area contributed by atoms with Crippen molar-refractivity contribution in [1.82, 2.24) is 20.9 Å². The Hall–Kier alpha value is -2.06. The highest BCUT2D eigenvalue weighted by Crippen LogP contribution is 2.15. The predicted molar refractivity (Wildman–Crippen MR) is 53.2 cm³/mol. The lowest BCUT2D eigenvalue weighted by Crippen LogP contribution is -2.43. The number of hydrogen-bond acceptors (Lipinski definition) is 6. The third-order valence-electron chi connectivity index (χ3n) is 1.94. The van der Waals surface area contributed by atoms with Gasteiger partial charge in [0.1, 0.15) is 0 Å². The Morgan fingerprint density at radius 1 is 1.00 bits per heavy atom. The van der Waals surface area contributed by atoms with Crippen LogP contribution in [0.4, 0.5) is 0 Å². The summed E-state index contributed by atoms with van der Waals surface area (Å²) >= 11 is 0. The number of nitrogens with one attached hydrogen (secondary N) is 2. The largest absolute Gasteiger partial charge is 0.476 e. The summed E-state index contributed by atoms with van der Waals surface area (Å²) in [5, 5.41) is 20.0. The number of carboxylic acid groups (broad SMARTS) is 2. The van der Waals surface area contributed by atoms with Crippen LogP contribution >= 0.6 is 0 Å². The number of carbonyl (C=O) groups is 2. The number of nitrogens with zero attached hydrogens (tertiary/aromatic N) is 2. The zero-order chi connectivity index (χ0) is 12.3. The molecule has 0 atom stereocenters. The van der Waals surface area contributed by atoms with Crippen LogP contribution in [-0.4, -0.2) is 46.3 Å². The van der Waals surface area contributed by atoms with Gasteiger partial charge in [0, 0.05) is 14.1 Å². The third kappa shape index (κ3) is 2.12. The second-order valence-electron chi connectivity index (χ2n) is 2.83. The van der Waals surface area contributed by atoms with Gasteiger partial charge in [0.15, 0.2) is 11.4 Å². The fraction of sp³-hybridized carbons (Fsp3) is 0.250.